The predicted octanol–water partition coefficient (Wildman–Crippen LogP) is 4.59. The van der Waals surface area contributed by atoms with Crippen molar-refractivity contribution < 1.29 is 0 Å². The highest BCUT2D eigenvalue weighted by Gasteiger charge is 2.12. The van der Waals surface area contributed by atoms with E-state index in [-0.39, 0.29) is 0 Å². The number of rotatable bonds is 3. The molecule has 2 nitrogen and oxygen atoms in total. The first-order valence-electron chi connectivity index (χ1n) is 6.23. The molecule has 0 saturated carbocycles. The number of benzene rings is 1. The molecule has 0 fully saturated rings. The smallest absolute Gasteiger partial charge is 0.139 e. The summed E-state index contributed by atoms with van der Waals surface area (Å²) in [6.07, 6.45) is 5.11. The lowest BCUT2D eigenvalue weighted by atomic mass is 9.92. The molecule has 0 saturated heterocycles. The molecule has 0 spiro atoms. The van der Waals surface area contributed by atoms with Crippen LogP contribution in [0.5, 0.6) is 0 Å². The molecule has 0 radical (unpaired) electrons. The van der Waals surface area contributed by atoms with Gasteiger partial charge in [0.05, 0.1) is 0 Å². The summed E-state index contributed by atoms with van der Waals surface area (Å²) in [5.74, 6) is 1.07. The minimum Gasteiger partial charge on any atom is -0.331 e. The van der Waals surface area contributed by atoms with Crippen LogP contribution < -0.4 is 0 Å². The fourth-order valence-corrected chi connectivity index (χ4v) is 2.16. The molecule has 3 heteroatoms. The van der Waals surface area contributed by atoms with Gasteiger partial charge in [0.1, 0.15) is 5.82 Å². The molecule has 96 valence electrons. The van der Waals surface area contributed by atoms with E-state index in [9.17, 15) is 0 Å². The van der Waals surface area contributed by atoms with Gasteiger partial charge in [-0.3, -0.25) is 0 Å². The Kier molecular flexibility index (Phi) is 4.10. The van der Waals surface area contributed by atoms with E-state index in [4.69, 9.17) is 0 Å². The molecule has 1 aromatic heterocycles. The molecular weight excluding hydrogens is 335 g/mol. The molecule has 2 rings (SSSR count). The Hall–Kier alpha value is -0.840. The van der Waals surface area contributed by atoms with Crippen LogP contribution in [0.4, 0.5) is 0 Å². The molecule has 0 amide bonds. The van der Waals surface area contributed by atoms with Gasteiger partial charge in [0.25, 0.3) is 0 Å². The SMILES string of the molecule is CC(C)(C)CCn1ccnc1-c1ccc(I)cc1. The number of hydrogen-bond donors (Lipinski definition) is 0. The second-order valence-electron chi connectivity index (χ2n) is 5.76. The van der Waals surface area contributed by atoms with E-state index >= 15 is 0 Å². The van der Waals surface area contributed by atoms with Gasteiger partial charge in [0.2, 0.25) is 0 Å². The highest BCUT2D eigenvalue weighted by Crippen LogP contribution is 2.23. The van der Waals surface area contributed by atoms with Crippen LogP contribution in [0.1, 0.15) is 27.2 Å². The molecule has 1 aromatic carbocycles. The van der Waals surface area contributed by atoms with E-state index in [1.807, 2.05) is 6.20 Å². The lowest BCUT2D eigenvalue weighted by Gasteiger charge is -2.19. The number of aryl methyl sites for hydroxylation is 1. The van der Waals surface area contributed by atoms with Crippen LogP contribution in [-0.2, 0) is 6.54 Å². The van der Waals surface area contributed by atoms with Crippen molar-refractivity contribution in [1.29, 1.82) is 0 Å². The van der Waals surface area contributed by atoms with Crippen molar-refractivity contribution in [1.82, 2.24) is 9.55 Å². The molecular formula is C15H19IN2. The Balaban J connectivity index is 2.20. The molecule has 1 heterocycles. The minimum atomic E-state index is 0.355. The van der Waals surface area contributed by atoms with Crippen molar-refractivity contribution in [2.75, 3.05) is 0 Å². The van der Waals surface area contributed by atoms with E-state index in [2.05, 4.69) is 83.4 Å². The predicted molar refractivity (Wildman–Crippen MR) is 84.5 cm³/mol. The highest BCUT2D eigenvalue weighted by molar-refractivity contribution is 14.1. The van der Waals surface area contributed by atoms with Gasteiger partial charge in [-0.1, -0.05) is 32.9 Å². The van der Waals surface area contributed by atoms with Crippen LogP contribution in [0.15, 0.2) is 36.7 Å². The van der Waals surface area contributed by atoms with Gasteiger partial charge < -0.3 is 4.57 Å². The summed E-state index contributed by atoms with van der Waals surface area (Å²) in [5, 5.41) is 0. The van der Waals surface area contributed by atoms with E-state index in [1.165, 1.54) is 9.13 Å². The molecule has 0 aliphatic heterocycles. The van der Waals surface area contributed by atoms with E-state index in [0.29, 0.717) is 5.41 Å². The fraction of sp³-hybridized carbons (Fsp3) is 0.400. The van der Waals surface area contributed by atoms with Crippen molar-refractivity contribution in [3.05, 3.63) is 40.2 Å². The molecule has 0 aliphatic carbocycles. The second-order valence-corrected chi connectivity index (χ2v) is 7.01. The summed E-state index contributed by atoms with van der Waals surface area (Å²) in [6.45, 7) is 7.84. The normalized spacial score (nSPS) is 11.8. The lowest BCUT2D eigenvalue weighted by molar-refractivity contribution is 0.351. The summed E-state index contributed by atoms with van der Waals surface area (Å²) in [5.41, 5.74) is 1.54. The van der Waals surface area contributed by atoms with Crippen molar-refractivity contribution in [2.45, 2.75) is 33.7 Å². The van der Waals surface area contributed by atoms with Crippen LogP contribution >= 0.6 is 22.6 Å². The Morgan fingerprint density at radius 3 is 2.44 bits per heavy atom. The first-order chi connectivity index (χ1) is 8.46. The number of hydrogen-bond acceptors (Lipinski definition) is 1. The summed E-state index contributed by atoms with van der Waals surface area (Å²) in [6, 6.07) is 8.52. The number of nitrogens with zero attached hydrogens (tertiary/aromatic N) is 2. The summed E-state index contributed by atoms with van der Waals surface area (Å²) >= 11 is 2.32. The molecule has 0 N–H and O–H groups in total. The van der Waals surface area contributed by atoms with Crippen LogP contribution in [0.3, 0.4) is 0 Å². The Labute approximate surface area is 123 Å². The third-order valence-corrected chi connectivity index (χ3v) is 3.64. The Morgan fingerprint density at radius 2 is 1.83 bits per heavy atom. The molecule has 0 unspecified atom stereocenters. The first kappa shape index (κ1) is 13.6. The van der Waals surface area contributed by atoms with Gasteiger partial charge in [-0.2, -0.15) is 0 Å². The molecule has 0 aliphatic rings. The zero-order chi connectivity index (χ0) is 13.2. The second kappa shape index (κ2) is 5.43. The standard InChI is InChI=1S/C15H19IN2/c1-15(2,3)8-10-18-11-9-17-14(18)12-4-6-13(16)7-5-12/h4-7,9,11H,8,10H2,1-3H3. The molecule has 0 bridgehead atoms. The molecule has 18 heavy (non-hydrogen) atoms. The lowest BCUT2D eigenvalue weighted by Crippen LogP contribution is -2.10. The fourth-order valence-electron chi connectivity index (χ4n) is 1.80. The van der Waals surface area contributed by atoms with Crippen molar-refractivity contribution in [3.63, 3.8) is 0 Å². The monoisotopic (exact) mass is 354 g/mol. The van der Waals surface area contributed by atoms with E-state index in [1.54, 1.807) is 0 Å². The molecule has 2 aromatic rings. The van der Waals surface area contributed by atoms with E-state index < -0.39 is 0 Å². The van der Waals surface area contributed by atoms with Crippen LogP contribution in [0.25, 0.3) is 11.4 Å². The van der Waals surface area contributed by atoms with Gasteiger partial charge in [-0.15, -0.1) is 0 Å². The van der Waals surface area contributed by atoms with Gasteiger partial charge in [0.15, 0.2) is 0 Å². The quantitative estimate of drug-likeness (QED) is 0.737. The maximum atomic E-state index is 4.48. The maximum absolute atomic E-state index is 4.48. The van der Waals surface area contributed by atoms with Crippen LogP contribution in [0, 0.1) is 8.99 Å². The van der Waals surface area contributed by atoms with Crippen molar-refractivity contribution >= 4 is 22.6 Å². The largest absolute Gasteiger partial charge is 0.331 e. The highest BCUT2D eigenvalue weighted by atomic mass is 127. The Bertz CT molecular complexity index is 506. The van der Waals surface area contributed by atoms with E-state index in [0.717, 1.165) is 18.8 Å². The van der Waals surface area contributed by atoms with Gasteiger partial charge in [-0.05, 0) is 46.6 Å². The Morgan fingerprint density at radius 1 is 1.17 bits per heavy atom. The zero-order valence-electron chi connectivity index (χ0n) is 11.2. The van der Waals surface area contributed by atoms with Gasteiger partial charge in [-0.25, -0.2) is 4.98 Å². The van der Waals surface area contributed by atoms with Gasteiger partial charge >= 0.3 is 0 Å². The average Bonchev–Trinajstić information content (AvgIpc) is 2.75. The third-order valence-electron chi connectivity index (χ3n) is 2.92. The maximum Gasteiger partial charge on any atom is 0.139 e. The number of imidazole rings is 1. The van der Waals surface area contributed by atoms with Gasteiger partial charge in [0, 0.05) is 28.1 Å². The number of aromatic nitrogens is 2. The summed E-state index contributed by atoms with van der Waals surface area (Å²) < 4.78 is 3.50. The summed E-state index contributed by atoms with van der Waals surface area (Å²) in [4.78, 5) is 4.48. The zero-order valence-corrected chi connectivity index (χ0v) is 13.3. The van der Waals surface area contributed by atoms with Crippen LogP contribution in [0.2, 0.25) is 0 Å². The third kappa shape index (κ3) is 3.57. The van der Waals surface area contributed by atoms with Crippen molar-refractivity contribution in [2.24, 2.45) is 5.41 Å². The topological polar surface area (TPSA) is 17.8 Å². The summed E-state index contributed by atoms with van der Waals surface area (Å²) in [7, 11) is 0. The molecule has 0 atom stereocenters. The average molecular weight is 354 g/mol. The van der Waals surface area contributed by atoms with Crippen LogP contribution in [-0.4, -0.2) is 9.55 Å². The number of halogens is 1. The first-order valence-corrected chi connectivity index (χ1v) is 7.31. The van der Waals surface area contributed by atoms with Crippen molar-refractivity contribution in [3.8, 4) is 11.4 Å². The minimum absolute atomic E-state index is 0.355.